The van der Waals surface area contributed by atoms with Gasteiger partial charge in [0.25, 0.3) is 0 Å². The van der Waals surface area contributed by atoms with Crippen LogP contribution in [0.3, 0.4) is 0 Å². The smallest absolute Gasteiger partial charge is 0.331 e. The second kappa shape index (κ2) is 5.15. The van der Waals surface area contributed by atoms with Gasteiger partial charge in [-0.1, -0.05) is 19.9 Å². The lowest BCUT2D eigenvalue weighted by molar-refractivity contribution is -0.133. The molecule has 0 saturated carbocycles. The van der Waals surface area contributed by atoms with Crippen molar-refractivity contribution >= 4 is 5.97 Å². The van der Waals surface area contributed by atoms with Crippen LogP contribution in [0.25, 0.3) is 0 Å². The summed E-state index contributed by atoms with van der Waals surface area (Å²) in [5.41, 5.74) is 0.343. The highest BCUT2D eigenvalue weighted by molar-refractivity contribution is 5.85. The molecule has 3 nitrogen and oxygen atoms in total. The molecule has 0 bridgehead atoms. The normalized spacial score (nSPS) is 23.4. The average Bonchev–Trinajstić information content (AvgIpc) is 2.18. The summed E-state index contributed by atoms with van der Waals surface area (Å²) < 4.78 is 0. The fraction of sp³-hybridized carbons (Fsp3) is 0.727. The number of hydrogen-bond acceptors (Lipinski definition) is 2. The van der Waals surface area contributed by atoms with Gasteiger partial charge in [-0.05, 0) is 32.4 Å². The first-order chi connectivity index (χ1) is 6.65. The quantitative estimate of drug-likeness (QED) is 0.700. The van der Waals surface area contributed by atoms with Crippen LogP contribution in [0, 0.1) is 0 Å². The summed E-state index contributed by atoms with van der Waals surface area (Å²) in [6, 6.07) is 0.400. The van der Waals surface area contributed by atoms with E-state index in [2.05, 4.69) is 18.4 Å². The molecule has 1 N–H and O–H groups in total. The van der Waals surface area contributed by atoms with E-state index in [1.807, 2.05) is 0 Å². The molecule has 0 aromatic rings. The number of rotatable bonds is 4. The van der Waals surface area contributed by atoms with E-state index in [0.717, 1.165) is 19.5 Å². The second-order valence-electron chi connectivity index (χ2n) is 3.89. The van der Waals surface area contributed by atoms with Gasteiger partial charge in [-0.25, -0.2) is 4.79 Å². The summed E-state index contributed by atoms with van der Waals surface area (Å²) >= 11 is 0. The molecule has 1 saturated heterocycles. The van der Waals surface area contributed by atoms with Crippen LogP contribution in [0.2, 0.25) is 0 Å². The zero-order valence-corrected chi connectivity index (χ0v) is 8.83. The fourth-order valence-electron chi connectivity index (χ4n) is 2.08. The second-order valence-corrected chi connectivity index (χ2v) is 3.89. The molecule has 0 amide bonds. The first kappa shape index (κ1) is 11.2. The lowest BCUT2D eigenvalue weighted by Crippen LogP contribution is -2.39. The van der Waals surface area contributed by atoms with Crippen LogP contribution < -0.4 is 0 Å². The number of hydrogen-bond donors (Lipinski definition) is 1. The van der Waals surface area contributed by atoms with Crippen LogP contribution in [-0.4, -0.2) is 35.1 Å². The third-order valence-corrected chi connectivity index (χ3v) is 2.94. The molecule has 1 atom stereocenters. The molecule has 0 aliphatic carbocycles. The molecular formula is C11H19NO2. The van der Waals surface area contributed by atoms with Gasteiger partial charge in [0.1, 0.15) is 0 Å². The van der Waals surface area contributed by atoms with Crippen LogP contribution in [0.15, 0.2) is 12.2 Å². The minimum Gasteiger partial charge on any atom is -0.478 e. The number of nitrogens with zero attached hydrogens (tertiary/aromatic N) is 1. The van der Waals surface area contributed by atoms with E-state index in [0.29, 0.717) is 18.0 Å². The molecular weight excluding hydrogens is 178 g/mol. The Labute approximate surface area is 85.4 Å². The van der Waals surface area contributed by atoms with E-state index in [1.165, 1.54) is 12.8 Å². The lowest BCUT2D eigenvalue weighted by atomic mass is 9.96. The summed E-state index contributed by atoms with van der Waals surface area (Å²) in [6.07, 6.45) is 4.18. The van der Waals surface area contributed by atoms with Gasteiger partial charge >= 0.3 is 5.97 Å². The van der Waals surface area contributed by atoms with Gasteiger partial charge in [-0.3, -0.25) is 0 Å². The molecule has 1 unspecified atom stereocenters. The van der Waals surface area contributed by atoms with Crippen LogP contribution in [-0.2, 0) is 4.79 Å². The first-order valence-electron chi connectivity index (χ1n) is 5.30. The maximum absolute atomic E-state index is 10.6. The Kier molecular flexibility index (Phi) is 4.14. The molecule has 1 heterocycles. The molecule has 1 aliphatic rings. The summed E-state index contributed by atoms with van der Waals surface area (Å²) in [7, 11) is 0. The largest absolute Gasteiger partial charge is 0.478 e. The van der Waals surface area contributed by atoms with E-state index < -0.39 is 5.97 Å². The Morgan fingerprint density at radius 2 is 2.29 bits per heavy atom. The van der Waals surface area contributed by atoms with Crippen molar-refractivity contribution in [2.45, 2.75) is 38.6 Å². The predicted octanol–water partition coefficient (Wildman–Crippen LogP) is 1.89. The molecule has 3 heteroatoms. The van der Waals surface area contributed by atoms with E-state index in [1.54, 1.807) is 0 Å². The number of carbonyl (C=O) groups is 1. The maximum Gasteiger partial charge on any atom is 0.331 e. The third-order valence-electron chi connectivity index (χ3n) is 2.94. The Morgan fingerprint density at radius 3 is 2.86 bits per heavy atom. The molecule has 0 aromatic heterocycles. The molecule has 14 heavy (non-hydrogen) atoms. The Balaban J connectivity index is 2.48. The SMILES string of the molecule is C=C(CC1CCCCN1CC)C(=O)O. The summed E-state index contributed by atoms with van der Waals surface area (Å²) in [5, 5.41) is 8.75. The van der Waals surface area contributed by atoms with Crippen LogP contribution >= 0.6 is 0 Å². The number of carboxylic acid groups (broad SMARTS) is 1. The van der Waals surface area contributed by atoms with Crippen molar-refractivity contribution < 1.29 is 9.90 Å². The molecule has 0 spiro atoms. The minimum absolute atomic E-state index is 0.343. The van der Waals surface area contributed by atoms with Crippen molar-refractivity contribution in [1.82, 2.24) is 4.90 Å². The standard InChI is InChI=1S/C11H19NO2/c1-3-12-7-5-4-6-10(12)8-9(2)11(13)14/h10H,2-8H2,1H3,(H,13,14). The number of carboxylic acids is 1. The molecule has 0 radical (unpaired) electrons. The van der Waals surface area contributed by atoms with Gasteiger partial charge in [-0.2, -0.15) is 0 Å². The Hall–Kier alpha value is -0.830. The van der Waals surface area contributed by atoms with Gasteiger partial charge in [-0.15, -0.1) is 0 Å². The zero-order chi connectivity index (χ0) is 10.6. The van der Waals surface area contributed by atoms with Crippen molar-refractivity contribution in [2.75, 3.05) is 13.1 Å². The van der Waals surface area contributed by atoms with Crippen molar-refractivity contribution in [3.63, 3.8) is 0 Å². The van der Waals surface area contributed by atoms with Gasteiger partial charge < -0.3 is 10.0 Å². The highest BCUT2D eigenvalue weighted by Gasteiger charge is 2.22. The number of piperidine rings is 1. The highest BCUT2D eigenvalue weighted by atomic mass is 16.4. The van der Waals surface area contributed by atoms with Crippen LogP contribution in [0.1, 0.15) is 32.6 Å². The average molecular weight is 197 g/mol. The third kappa shape index (κ3) is 2.84. The minimum atomic E-state index is -0.855. The van der Waals surface area contributed by atoms with E-state index in [-0.39, 0.29) is 0 Å². The monoisotopic (exact) mass is 197 g/mol. The van der Waals surface area contributed by atoms with Gasteiger partial charge in [0.05, 0.1) is 0 Å². The lowest BCUT2D eigenvalue weighted by Gasteiger charge is -2.34. The van der Waals surface area contributed by atoms with E-state index in [9.17, 15) is 4.79 Å². The molecule has 80 valence electrons. The van der Waals surface area contributed by atoms with E-state index >= 15 is 0 Å². The molecule has 1 aliphatic heterocycles. The number of aliphatic carboxylic acids is 1. The van der Waals surface area contributed by atoms with Gasteiger partial charge in [0.2, 0.25) is 0 Å². The molecule has 1 fully saturated rings. The highest BCUT2D eigenvalue weighted by Crippen LogP contribution is 2.21. The molecule has 1 rings (SSSR count). The van der Waals surface area contributed by atoms with Gasteiger partial charge in [0.15, 0.2) is 0 Å². The predicted molar refractivity (Wildman–Crippen MR) is 56.3 cm³/mol. The summed E-state index contributed by atoms with van der Waals surface area (Å²) in [5.74, 6) is -0.855. The van der Waals surface area contributed by atoms with Crippen molar-refractivity contribution in [1.29, 1.82) is 0 Å². The Bertz CT molecular complexity index is 225. The van der Waals surface area contributed by atoms with Crippen LogP contribution in [0.4, 0.5) is 0 Å². The van der Waals surface area contributed by atoms with Crippen molar-refractivity contribution in [2.24, 2.45) is 0 Å². The summed E-state index contributed by atoms with van der Waals surface area (Å²) in [4.78, 5) is 13.0. The Morgan fingerprint density at radius 1 is 1.57 bits per heavy atom. The zero-order valence-electron chi connectivity index (χ0n) is 8.83. The van der Waals surface area contributed by atoms with Crippen molar-refractivity contribution in [3.05, 3.63) is 12.2 Å². The fourth-order valence-corrected chi connectivity index (χ4v) is 2.08. The van der Waals surface area contributed by atoms with Crippen LogP contribution in [0.5, 0.6) is 0 Å². The number of likely N-dealkylation sites (tertiary alicyclic amines) is 1. The summed E-state index contributed by atoms with van der Waals surface area (Å²) in [6.45, 7) is 7.83. The maximum atomic E-state index is 10.6. The molecule has 0 aromatic carbocycles. The van der Waals surface area contributed by atoms with E-state index in [4.69, 9.17) is 5.11 Å². The van der Waals surface area contributed by atoms with Crippen molar-refractivity contribution in [3.8, 4) is 0 Å². The first-order valence-corrected chi connectivity index (χ1v) is 5.30. The topological polar surface area (TPSA) is 40.5 Å². The van der Waals surface area contributed by atoms with Gasteiger partial charge in [0, 0.05) is 11.6 Å².